The molecular formula is C24H22FN3O4. The summed E-state index contributed by atoms with van der Waals surface area (Å²) < 4.78 is 22.6. The second-order valence-corrected chi connectivity index (χ2v) is 7.91. The molecule has 0 saturated carbocycles. The monoisotopic (exact) mass is 435 g/mol. The Morgan fingerprint density at radius 3 is 2.62 bits per heavy atom. The van der Waals surface area contributed by atoms with E-state index in [9.17, 15) is 15.3 Å². The number of fused-ring (bicyclic) bond motifs is 1. The number of hydrogen-bond acceptors (Lipinski definition) is 6. The Morgan fingerprint density at radius 2 is 1.94 bits per heavy atom. The minimum atomic E-state index is -1.58. The lowest BCUT2D eigenvalue weighted by Gasteiger charge is -2.27. The zero-order valence-corrected chi connectivity index (χ0v) is 17.1. The molecule has 1 aliphatic rings. The van der Waals surface area contributed by atoms with Crippen molar-refractivity contribution in [2.24, 2.45) is 0 Å². The molecule has 0 bridgehead atoms. The fourth-order valence-electron chi connectivity index (χ4n) is 3.93. The average molecular weight is 435 g/mol. The molecular weight excluding hydrogens is 413 g/mol. The summed E-state index contributed by atoms with van der Waals surface area (Å²) >= 11 is 0. The Labute approximate surface area is 183 Å². The zero-order valence-electron chi connectivity index (χ0n) is 17.1. The van der Waals surface area contributed by atoms with E-state index in [0.717, 1.165) is 11.9 Å². The highest BCUT2D eigenvalue weighted by Gasteiger charge is 2.23. The summed E-state index contributed by atoms with van der Waals surface area (Å²) in [6.07, 6.45) is -0.334. The lowest BCUT2D eigenvalue weighted by atomic mass is 10.1. The number of aliphatic hydroxyl groups is 2. The molecule has 1 atom stereocenters. The van der Waals surface area contributed by atoms with Crippen LogP contribution in [0.4, 0.5) is 4.39 Å². The number of benzene rings is 2. The Bertz CT molecular complexity index is 1280. The molecule has 3 heterocycles. The lowest BCUT2D eigenvalue weighted by molar-refractivity contribution is -0.0589. The number of hydrogen-bond donors (Lipinski definition) is 3. The number of aliphatic hydroxyl groups excluding tert-OH is 1. The van der Waals surface area contributed by atoms with E-state index in [0.29, 0.717) is 46.9 Å². The number of ether oxygens (including phenoxy) is 1. The molecule has 8 heteroatoms. The van der Waals surface area contributed by atoms with E-state index in [1.807, 2.05) is 4.57 Å². The molecule has 1 saturated heterocycles. The Hall–Kier alpha value is -3.33. The molecule has 1 aliphatic heterocycles. The van der Waals surface area contributed by atoms with E-state index in [4.69, 9.17) is 4.74 Å². The van der Waals surface area contributed by atoms with Crippen molar-refractivity contribution in [3.05, 3.63) is 77.4 Å². The highest BCUT2D eigenvalue weighted by Crippen LogP contribution is 2.27. The summed E-state index contributed by atoms with van der Waals surface area (Å²) in [4.78, 5) is 8.71. The number of nitrogens with zero attached hydrogens (tertiary/aromatic N) is 3. The average Bonchev–Trinajstić information content (AvgIpc) is 3.08. The van der Waals surface area contributed by atoms with Crippen LogP contribution in [0, 0.1) is 5.82 Å². The fraction of sp³-hybridized carbons (Fsp3) is 0.250. The minimum absolute atomic E-state index is 0.0536. The van der Waals surface area contributed by atoms with Gasteiger partial charge in [-0.25, -0.2) is 14.4 Å². The van der Waals surface area contributed by atoms with Crippen LogP contribution in [0.15, 0.2) is 54.6 Å². The molecule has 32 heavy (non-hydrogen) atoms. The van der Waals surface area contributed by atoms with Crippen molar-refractivity contribution < 1.29 is 24.4 Å². The van der Waals surface area contributed by atoms with Crippen LogP contribution in [0.3, 0.4) is 0 Å². The number of aromatic nitrogens is 3. The van der Waals surface area contributed by atoms with Gasteiger partial charge >= 0.3 is 0 Å². The molecule has 2 aromatic carbocycles. The van der Waals surface area contributed by atoms with Crippen LogP contribution in [0.1, 0.15) is 29.7 Å². The summed E-state index contributed by atoms with van der Waals surface area (Å²) in [5.41, 5.74) is 3.35. The molecule has 164 valence electrons. The van der Waals surface area contributed by atoms with E-state index < -0.39 is 12.1 Å². The van der Waals surface area contributed by atoms with Crippen LogP contribution >= 0.6 is 0 Å². The third-order valence-electron chi connectivity index (χ3n) is 5.76. The fourth-order valence-corrected chi connectivity index (χ4v) is 3.93. The van der Waals surface area contributed by atoms with Gasteiger partial charge in [-0.2, -0.15) is 0 Å². The number of rotatable bonds is 6. The van der Waals surface area contributed by atoms with Crippen molar-refractivity contribution in [2.75, 3.05) is 6.61 Å². The number of pyridine rings is 1. The van der Waals surface area contributed by atoms with Crippen molar-refractivity contribution in [1.29, 1.82) is 0 Å². The van der Waals surface area contributed by atoms with Crippen LogP contribution in [0.5, 0.6) is 5.88 Å². The van der Waals surface area contributed by atoms with Crippen molar-refractivity contribution in [3.63, 3.8) is 0 Å². The first-order chi connectivity index (χ1) is 15.5. The molecule has 3 N–H and O–H groups in total. The molecule has 0 aliphatic carbocycles. The minimum Gasteiger partial charge on any atom is -0.493 e. The number of halogens is 1. The summed E-state index contributed by atoms with van der Waals surface area (Å²) in [6.45, 7) is 1.27. The van der Waals surface area contributed by atoms with E-state index in [1.165, 1.54) is 12.1 Å². The maximum atomic E-state index is 15.0. The van der Waals surface area contributed by atoms with Gasteiger partial charge in [-0.1, -0.05) is 24.3 Å². The summed E-state index contributed by atoms with van der Waals surface area (Å²) in [7, 11) is 0. The Balaban J connectivity index is 1.50. The molecule has 0 amide bonds. The van der Waals surface area contributed by atoms with Gasteiger partial charge in [-0.15, -0.1) is 0 Å². The van der Waals surface area contributed by atoms with Crippen LogP contribution in [0.25, 0.3) is 22.3 Å². The quantitative estimate of drug-likeness (QED) is 0.402. The molecule has 0 radical (unpaired) electrons. The second-order valence-electron chi connectivity index (χ2n) is 7.91. The molecule has 4 aromatic rings. The molecule has 5 rings (SSSR count). The van der Waals surface area contributed by atoms with Crippen molar-refractivity contribution in [3.8, 4) is 17.1 Å². The summed E-state index contributed by atoms with van der Waals surface area (Å²) in [5.74, 6) is 0.158. The SMILES string of the molecule is Oc1cccc(-c2ccc(Cc3nc4ccc(C(O)O)cc4n3CC3CCO3)c(F)c2)n1. The van der Waals surface area contributed by atoms with Gasteiger partial charge in [0.2, 0.25) is 5.88 Å². The molecule has 1 unspecified atom stereocenters. The Kier molecular flexibility index (Phi) is 5.34. The zero-order chi connectivity index (χ0) is 22.2. The van der Waals surface area contributed by atoms with Crippen LogP contribution < -0.4 is 0 Å². The van der Waals surface area contributed by atoms with Crippen molar-refractivity contribution in [2.45, 2.75) is 31.8 Å². The molecule has 0 spiro atoms. The van der Waals surface area contributed by atoms with Gasteiger partial charge in [0, 0.05) is 30.2 Å². The number of imidazole rings is 1. The van der Waals surface area contributed by atoms with Gasteiger partial charge in [0.05, 0.1) is 29.4 Å². The van der Waals surface area contributed by atoms with Gasteiger partial charge in [-0.05, 0) is 36.2 Å². The smallest absolute Gasteiger partial charge is 0.211 e. The second kappa shape index (κ2) is 8.31. The van der Waals surface area contributed by atoms with Crippen molar-refractivity contribution in [1.82, 2.24) is 14.5 Å². The summed E-state index contributed by atoms with van der Waals surface area (Å²) in [5, 5.41) is 28.7. The topological polar surface area (TPSA) is 101 Å². The molecule has 2 aromatic heterocycles. The first-order valence-electron chi connectivity index (χ1n) is 10.4. The summed E-state index contributed by atoms with van der Waals surface area (Å²) in [6, 6.07) is 14.7. The first-order valence-corrected chi connectivity index (χ1v) is 10.4. The third kappa shape index (κ3) is 3.95. The van der Waals surface area contributed by atoms with E-state index >= 15 is 4.39 Å². The van der Waals surface area contributed by atoms with Crippen LogP contribution in [-0.2, 0) is 17.7 Å². The van der Waals surface area contributed by atoms with Gasteiger partial charge in [0.15, 0.2) is 6.29 Å². The standard InChI is InChI=1S/C24H22FN3O4/c25-18-10-15(19-2-1-3-23(29)27-19)5-4-14(18)12-22-26-20-7-6-16(24(30)31)11-21(20)28(22)13-17-8-9-32-17/h1-7,10-11,17,24,30-31H,8-9,12-13H2,(H,27,29). The maximum Gasteiger partial charge on any atom is 0.211 e. The van der Waals surface area contributed by atoms with E-state index in [1.54, 1.807) is 42.5 Å². The Morgan fingerprint density at radius 1 is 1.09 bits per heavy atom. The van der Waals surface area contributed by atoms with E-state index in [-0.39, 0.29) is 18.4 Å². The molecule has 1 fully saturated rings. The van der Waals surface area contributed by atoms with Gasteiger partial charge in [-0.3, -0.25) is 0 Å². The lowest BCUT2D eigenvalue weighted by Crippen LogP contribution is -2.31. The number of aromatic hydroxyl groups is 1. The van der Waals surface area contributed by atoms with Gasteiger partial charge in [0.1, 0.15) is 11.6 Å². The van der Waals surface area contributed by atoms with Crippen LogP contribution in [-0.4, -0.2) is 42.6 Å². The van der Waals surface area contributed by atoms with Gasteiger partial charge in [0.25, 0.3) is 0 Å². The van der Waals surface area contributed by atoms with Crippen LogP contribution in [0.2, 0.25) is 0 Å². The predicted molar refractivity (Wildman–Crippen MR) is 115 cm³/mol. The van der Waals surface area contributed by atoms with Crippen molar-refractivity contribution >= 4 is 11.0 Å². The predicted octanol–water partition coefficient (Wildman–Crippen LogP) is 3.31. The highest BCUT2D eigenvalue weighted by molar-refractivity contribution is 5.77. The van der Waals surface area contributed by atoms with Gasteiger partial charge < -0.3 is 24.6 Å². The molecule has 7 nitrogen and oxygen atoms in total. The largest absolute Gasteiger partial charge is 0.493 e. The maximum absolute atomic E-state index is 15.0. The third-order valence-corrected chi connectivity index (χ3v) is 5.76. The van der Waals surface area contributed by atoms with E-state index in [2.05, 4.69) is 9.97 Å². The highest BCUT2D eigenvalue weighted by atomic mass is 19.1. The first kappa shape index (κ1) is 20.6. The normalized spacial score (nSPS) is 15.9.